The lowest BCUT2D eigenvalue weighted by atomic mass is 9.71. The summed E-state index contributed by atoms with van der Waals surface area (Å²) in [5.74, 6) is -0.758. The van der Waals surface area contributed by atoms with Gasteiger partial charge in [0.1, 0.15) is 11.0 Å². The van der Waals surface area contributed by atoms with Crippen LogP contribution in [0.3, 0.4) is 0 Å². The fourth-order valence-corrected chi connectivity index (χ4v) is 6.76. The van der Waals surface area contributed by atoms with Crippen molar-refractivity contribution in [2.24, 2.45) is 0 Å². The second kappa shape index (κ2) is 13.3. The highest BCUT2D eigenvalue weighted by molar-refractivity contribution is 5.94. The number of piperidine rings is 1. The van der Waals surface area contributed by atoms with Gasteiger partial charge in [0.2, 0.25) is 11.8 Å². The van der Waals surface area contributed by atoms with E-state index in [2.05, 4.69) is 39.4 Å². The molecule has 0 saturated carbocycles. The van der Waals surface area contributed by atoms with Crippen molar-refractivity contribution in [1.29, 1.82) is 0 Å². The third kappa shape index (κ3) is 6.09. The maximum Gasteiger partial charge on any atom is 0.303 e. The molecular formula is C35H40N4O4. The molecule has 3 aromatic rings. The third-order valence-electron chi connectivity index (χ3n) is 9.13. The maximum atomic E-state index is 14.0. The molecule has 1 atom stereocenters. The van der Waals surface area contributed by atoms with E-state index in [-0.39, 0.29) is 18.2 Å². The van der Waals surface area contributed by atoms with Crippen LogP contribution in [0.1, 0.15) is 49.7 Å². The van der Waals surface area contributed by atoms with E-state index in [0.29, 0.717) is 51.9 Å². The van der Waals surface area contributed by atoms with Crippen molar-refractivity contribution in [3.05, 3.63) is 102 Å². The average Bonchev–Trinajstić information content (AvgIpc) is 3.31. The van der Waals surface area contributed by atoms with Crippen LogP contribution in [0.5, 0.6) is 0 Å². The first kappa shape index (κ1) is 30.1. The van der Waals surface area contributed by atoms with Crippen molar-refractivity contribution in [3.63, 3.8) is 0 Å². The van der Waals surface area contributed by atoms with Crippen LogP contribution in [-0.2, 0) is 19.8 Å². The highest BCUT2D eigenvalue weighted by Gasteiger charge is 2.53. The molecule has 0 bridgehead atoms. The second-order valence-electron chi connectivity index (χ2n) is 11.5. The van der Waals surface area contributed by atoms with E-state index in [0.717, 1.165) is 29.9 Å². The number of amides is 2. The Kier molecular flexibility index (Phi) is 9.32. The smallest absolute Gasteiger partial charge is 0.303 e. The minimum Gasteiger partial charge on any atom is -0.481 e. The summed E-state index contributed by atoms with van der Waals surface area (Å²) in [6.45, 7) is 3.19. The van der Waals surface area contributed by atoms with E-state index in [1.54, 1.807) is 13.1 Å². The van der Waals surface area contributed by atoms with E-state index in [4.69, 9.17) is 5.11 Å². The summed E-state index contributed by atoms with van der Waals surface area (Å²) in [7, 11) is 1.68. The number of para-hydroxylation sites is 1. The lowest BCUT2D eigenvalue weighted by molar-refractivity contribution is -0.137. The first-order chi connectivity index (χ1) is 20.9. The molecule has 2 N–H and O–H groups in total. The molecular weight excluding hydrogens is 540 g/mol. The van der Waals surface area contributed by atoms with Gasteiger partial charge in [-0.05, 0) is 68.5 Å². The second-order valence-corrected chi connectivity index (χ2v) is 11.5. The van der Waals surface area contributed by atoms with Gasteiger partial charge in [0.25, 0.3) is 0 Å². The fraction of sp³-hybridized carbons (Fsp3) is 0.400. The zero-order valence-electron chi connectivity index (χ0n) is 24.8. The van der Waals surface area contributed by atoms with Crippen LogP contribution in [0.4, 0.5) is 5.69 Å². The van der Waals surface area contributed by atoms with Crippen LogP contribution < -0.4 is 10.2 Å². The van der Waals surface area contributed by atoms with Crippen LogP contribution in [0.25, 0.3) is 0 Å². The van der Waals surface area contributed by atoms with Crippen molar-refractivity contribution in [2.75, 3.05) is 44.8 Å². The SMILES string of the molecule is CNC(=O)C(CCN1CCC2(CC1)C(=O)N(CCCCC(=O)O)CN2c1ccccc1)(c1c#cccc1)c1ccccc1. The maximum absolute atomic E-state index is 14.0. The molecule has 2 aliphatic rings. The Balaban J connectivity index is 1.34. The molecule has 2 amide bonds. The molecule has 0 radical (unpaired) electrons. The Morgan fingerprint density at radius 3 is 2.28 bits per heavy atom. The summed E-state index contributed by atoms with van der Waals surface area (Å²) in [4.78, 5) is 45.2. The van der Waals surface area contributed by atoms with Gasteiger partial charge >= 0.3 is 5.97 Å². The van der Waals surface area contributed by atoms with Crippen molar-refractivity contribution >= 4 is 23.5 Å². The minimum absolute atomic E-state index is 0.0807. The molecule has 3 aromatic carbocycles. The van der Waals surface area contributed by atoms with Crippen LogP contribution in [0, 0.1) is 12.1 Å². The number of rotatable bonds is 12. The highest BCUT2D eigenvalue weighted by atomic mass is 16.4. The molecule has 1 spiro atoms. The molecule has 8 heteroatoms. The van der Waals surface area contributed by atoms with E-state index in [1.165, 1.54) is 0 Å². The highest BCUT2D eigenvalue weighted by Crippen LogP contribution is 2.41. The van der Waals surface area contributed by atoms with Gasteiger partial charge in [-0.1, -0.05) is 66.7 Å². The Bertz CT molecular complexity index is 1340. The number of likely N-dealkylation sites (N-methyl/N-ethyl adjacent to an activating group) is 1. The number of unbranched alkanes of at least 4 members (excludes halogenated alkanes) is 1. The number of anilines is 1. The number of carboxylic acids is 1. The number of carbonyl (C=O) groups excluding carboxylic acids is 2. The number of likely N-dealkylation sites (tertiary alicyclic amines) is 1. The average molecular weight is 581 g/mol. The molecule has 2 saturated heterocycles. The van der Waals surface area contributed by atoms with Crippen molar-refractivity contribution in [3.8, 4) is 0 Å². The third-order valence-corrected chi connectivity index (χ3v) is 9.13. The predicted molar refractivity (Wildman–Crippen MR) is 165 cm³/mol. The molecule has 2 heterocycles. The number of carbonyl (C=O) groups is 3. The molecule has 0 aliphatic carbocycles. The Hall–Kier alpha value is -4.35. The van der Waals surface area contributed by atoms with E-state index in [1.807, 2.05) is 65.6 Å². The van der Waals surface area contributed by atoms with E-state index in [9.17, 15) is 14.4 Å². The number of nitrogens with one attached hydrogen (secondary N) is 1. The number of nitrogens with zero attached hydrogens (tertiary/aromatic N) is 3. The van der Waals surface area contributed by atoms with Crippen LogP contribution in [-0.4, -0.2) is 78.1 Å². The van der Waals surface area contributed by atoms with Gasteiger partial charge in [-0.25, -0.2) is 0 Å². The molecule has 1 unspecified atom stereocenters. The summed E-state index contributed by atoms with van der Waals surface area (Å²) in [5, 5.41) is 11.9. The van der Waals surface area contributed by atoms with Gasteiger partial charge in [-0.3, -0.25) is 14.4 Å². The number of hydrogen-bond donors (Lipinski definition) is 2. The number of hydrogen-bond acceptors (Lipinski definition) is 5. The van der Waals surface area contributed by atoms with Crippen molar-refractivity contribution in [2.45, 2.75) is 49.5 Å². The molecule has 0 aromatic heterocycles. The normalized spacial score (nSPS) is 16.7. The van der Waals surface area contributed by atoms with Gasteiger partial charge in [0, 0.05) is 44.4 Å². The summed E-state index contributed by atoms with van der Waals surface area (Å²) in [6.07, 6.45) is 3.24. The fourth-order valence-electron chi connectivity index (χ4n) is 6.76. The lowest BCUT2D eigenvalue weighted by Gasteiger charge is -2.44. The molecule has 2 aliphatic heterocycles. The van der Waals surface area contributed by atoms with Crippen LogP contribution >= 0.6 is 0 Å². The van der Waals surface area contributed by atoms with Crippen LogP contribution in [0.15, 0.2) is 78.9 Å². The first-order valence-corrected chi connectivity index (χ1v) is 15.1. The standard InChI is InChI=1S/C35H40N4O4/c1-36-32(42)35(28-13-5-2-6-14-28,29-15-7-3-8-16-29)22-26-37-24-20-34(21-25-37)33(43)38(23-12-11-19-31(40)41)27-39(34)30-17-9-4-10-18-30/h2-7,9-10,13-15,17-18H,11-12,19-27H2,1H3,(H,36,42)(H,40,41). The van der Waals surface area contributed by atoms with Crippen LogP contribution in [0.2, 0.25) is 0 Å². The van der Waals surface area contributed by atoms with Gasteiger partial charge in [0.05, 0.1) is 6.67 Å². The number of aliphatic carboxylic acids is 1. The Labute approximate surface area is 254 Å². The van der Waals surface area contributed by atoms with Gasteiger partial charge in [-0.15, -0.1) is 0 Å². The van der Waals surface area contributed by atoms with Gasteiger partial charge in [0.15, 0.2) is 0 Å². The summed E-state index contributed by atoms with van der Waals surface area (Å²) < 4.78 is 0. The molecule has 5 rings (SSSR count). The molecule has 2 fully saturated rings. The zero-order chi connectivity index (χ0) is 30.3. The van der Waals surface area contributed by atoms with Crippen molar-refractivity contribution < 1.29 is 19.5 Å². The van der Waals surface area contributed by atoms with Crippen molar-refractivity contribution in [1.82, 2.24) is 15.1 Å². The molecule has 8 nitrogen and oxygen atoms in total. The summed E-state index contributed by atoms with van der Waals surface area (Å²) in [5.41, 5.74) is 1.17. The summed E-state index contributed by atoms with van der Waals surface area (Å²) in [6, 6.07) is 31.9. The van der Waals surface area contributed by atoms with Gasteiger partial charge in [-0.2, -0.15) is 0 Å². The Morgan fingerprint density at radius 2 is 1.65 bits per heavy atom. The quantitative estimate of drug-likeness (QED) is 0.314. The van der Waals surface area contributed by atoms with E-state index < -0.39 is 16.9 Å². The zero-order valence-corrected chi connectivity index (χ0v) is 24.8. The Morgan fingerprint density at radius 1 is 0.953 bits per heavy atom. The number of carboxylic acid groups (broad SMARTS) is 1. The minimum atomic E-state index is -0.922. The van der Waals surface area contributed by atoms with E-state index >= 15 is 0 Å². The van der Waals surface area contributed by atoms with Gasteiger partial charge < -0.3 is 25.1 Å². The lowest BCUT2D eigenvalue weighted by Crippen LogP contribution is -2.57. The monoisotopic (exact) mass is 580 g/mol. The molecule has 43 heavy (non-hydrogen) atoms. The predicted octanol–water partition coefficient (Wildman–Crippen LogP) is 4.10. The largest absolute Gasteiger partial charge is 0.481 e. The first-order valence-electron chi connectivity index (χ1n) is 15.1. The number of benzene rings is 2. The topological polar surface area (TPSA) is 93.2 Å². The summed E-state index contributed by atoms with van der Waals surface area (Å²) >= 11 is 0. The molecule has 224 valence electrons.